The van der Waals surface area contributed by atoms with Crippen LogP contribution < -0.4 is 20.5 Å². The zero-order valence-corrected chi connectivity index (χ0v) is 18.4. The molecule has 0 unspecified atom stereocenters. The number of aryl methyl sites for hydroxylation is 1. The summed E-state index contributed by atoms with van der Waals surface area (Å²) in [5, 5.41) is 3.55. The zero-order chi connectivity index (χ0) is 20.9. The van der Waals surface area contributed by atoms with Crippen LogP contribution in [0.3, 0.4) is 0 Å². The number of piperidine rings is 1. The van der Waals surface area contributed by atoms with Crippen molar-refractivity contribution in [2.24, 2.45) is 16.9 Å². The highest BCUT2D eigenvalue weighted by molar-refractivity contribution is 7.87. The van der Waals surface area contributed by atoms with E-state index in [0.717, 1.165) is 31.5 Å². The summed E-state index contributed by atoms with van der Waals surface area (Å²) in [5.41, 5.74) is 6.94. The van der Waals surface area contributed by atoms with Gasteiger partial charge in [-0.15, -0.1) is 12.4 Å². The fourth-order valence-corrected chi connectivity index (χ4v) is 4.11. The average molecular weight is 455 g/mol. The molecule has 1 heterocycles. The van der Waals surface area contributed by atoms with Crippen LogP contribution in [-0.4, -0.2) is 39.4 Å². The Morgan fingerprint density at radius 2 is 1.77 bits per heavy atom. The Kier molecular flexibility index (Phi) is 8.19. The van der Waals surface area contributed by atoms with Gasteiger partial charge in [0, 0.05) is 24.8 Å². The van der Waals surface area contributed by atoms with E-state index in [4.69, 9.17) is 20.5 Å². The second kappa shape index (κ2) is 10.4. The maximum absolute atomic E-state index is 12.5. The maximum Gasteiger partial charge on any atom is 0.339 e. The van der Waals surface area contributed by atoms with Crippen molar-refractivity contribution in [2.45, 2.75) is 24.7 Å². The summed E-state index contributed by atoms with van der Waals surface area (Å²) >= 11 is 0. The first-order chi connectivity index (χ1) is 13.9. The lowest BCUT2D eigenvalue weighted by molar-refractivity contribution is 0.183. The summed E-state index contributed by atoms with van der Waals surface area (Å²) in [6.45, 7) is 4.19. The van der Waals surface area contributed by atoms with Gasteiger partial charge in [0.1, 0.15) is 22.7 Å². The third kappa shape index (κ3) is 6.43. The maximum atomic E-state index is 12.5. The van der Waals surface area contributed by atoms with Gasteiger partial charge in [-0.1, -0.05) is 0 Å². The summed E-state index contributed by atoms with van der Waals surface area (Å²) in [6.07, 6.45) is 3.61. The van der Waals surface area contributed by atoms with E-state index >= 15 is 0 Å². The van der Waals surface area contributed by atoms with Crippen LogP contribution in [0.2, 0.25) is 0 Å². The molecule has 0 aromatic heterocycles. The highest BCUT2D eigenvalue weighted by Gasteiger charge is 2.20. The quantitative estimate of drug-likeness (QED) is 0.165. The van der Waals surface area contributed by atoms with Crippen molar-refractivity contribution in [1.82, 2.24) is 4.90 Å². The lowest BCUT2D eigenvalue weighted by atomic mass is 9.98. The number of anilines is 1. The van der Waals surface area contributed by atoms with E-state index in [9.17, 15) is 8.42 Å². The molecule has 3 rings (SSSR count). The number of halogens is 1. The van der Waals surface area contributed by atoms with E-state index < -0.39 is 10.1 Å². The number of nitrogens with two attached hydrogens (primary N) is 2. The van der Waals surface area contributed by atoms with Gasteiger partial charge in [-0.25, -0.2) is 0 Å². The fraction of sp³-hybridized carbons (Fsp3) is 0.350. The molecule has 1 aliphatic rings. The van der Waals surface area contributed by atoms with Crippen molar-refractivity contribution < 1.29 is 17.3 Å². The van der Waals surface area contributed by atoms with Crippen LogP contribution in [0.15, 0.2) is 52.5 Å². The molecule has 4 N–H and O–H groups in total. The normalized spacial score (nSPS) is 15.0. The molecule has 0 radical (unpaired) electrons. The van der Waals surface area contributed by atoms with Crippen molar-refractivity contribution in [2.75, 3.05) is 25.4 Å². The van der Waals surface area contributed by atoms with Crippen molar-refractivity contribution in [3.05, 3.63) is 48.0 Å². The van der Waals surface area contributed by atoms with Crippen molar-refractivity contribution in [3.8, 4) is 11.5 Å². The van der Waals surface area contributed by atoms with Gasteiger partial charge >= 0.3 is 10.1 Å². The van der Waals surface area contributed by atoms with Gasteiger partial charge in [0.05, 0.1) is 6.61 Å². The molecule has 1 fully saturated rings. The number of rotatable bonds is 7. The number of hydrazone groups is 1. The van der Waals surface area contributed by atoms with E-state index in [1.165, 1.54) is 24.3 Å². The smallest absolute Gasteiger partial charge is 0.339 e. The molecule has 2 aromatic rings. The minimum Gasteiger partial charge on any atom is -0.493 e. The van der Waals surface area contributed by atoms with Gasteiger partial charge in [0.2, 0.25) is 0 Å². The average Bonchev–Trinajstić information content (AvgIpc) is 2.67. The summed E-state index contributed by atoms with van der Waals surface area (Å²) in [7, 11) is -3.95. The Balaban J connectivity index is 0.00000320. The summed E-state index contributed by atoms with van der Waals surface area (Å²) < 4.78 is 36.2. The van der Waals surface area contributed by atoms with Gasteiger partial charge in [-0.3, -0.25) is 0 Å². The van der Waals surface area contributed by atoms with Crippen molar-refractivity contribution >= 4 is 34.6 Å². The molecule has 0 saturated carbocycles. The fourth-order valence-electron chi connectivity index (χ4n) is 3.20. The lowest BCUT2D eigenvalue weighted by Gasteiger charge is -2.30. The van der Waals surface area contributed by atoms with Gasteiger partial charge in [0.25, 0.3) is 0 Å². The first-order valence-corrected chi connectivity index (χ1v) is 10.8. The minimum absolute atomic E-state index is 0. The number of nitrogens with zero attached hydrogens (tertiary/aromatic N) is 2. The largest absolute Gasteiger partial charge is 0.493 e. The predicted octanol–water partition coefficient (Wildman–Crippen LogP) is 2.76. The molecule has 2 aromatic carbocycles. The molecule has 1 aliphatic heterocycles. The molecule has 0 spiro atoms. The molecular weight excluding hydrogens is 428 g/mol. The van der Waals surface area contributed by atoms with Gasteiger partial charge in [0.15, 0.2) is 0 Å². The number of benzene rings is 2. The molecule has 30 heavy (non-hydrogen) atoms. The first kappa shape index (κ1) is 23.6. The number of ether oxygens (including phenoxy) is 1. The second-order valence-corrected chi connectivity index (χ2v) is 8.69. The van der Waals surface area contributed by atoms with E-state index in [1.807, 2.05) is 13.0 Å². The van der Waals surface area contributed by atoms with Crippen LogP contribution in [0.5, 0.6) is 11.5 Å². The molecular formula is C20H27ClN4O4S. The van der Waals surface area contributed by atoms with E-state index in [1.54, 1.807) is 18.5 Å². The van der Waals surface area contributed by atoms with Crippen LogP contribution in [-0.2, 0) is 10.1 Å². The Hall–Kier alpha value is -2.65. The third-order valence-electron chi connectivity index (χ3n) is 4.76. The van der Waals surface area contributed by atoms with Crippen LogP contribution in [0, 0.1) is 12.8 Å². The number of likely N-dealkylation sites (tertiary alicyclic amines) is 1. The molecule has 0 atom stereocenters. The van der Waals surface area contributed by atoms with E-state index in [0.29, 0.717) is 24.0 Å². The Bertz CT molecular complexity index is 959. The zero-order valence-electron chi connectivity index (χ0n) is 16.7. The summed E-state index contributed by atoms with van der Waals surface area (Å²) in [4.78, 5) is 2.13. The standard InChI is InChI=1S/C20H26N4O4S.ClH/c1-15-10-18(27-13-16-6-8-24(9-7-16)14-23-22)12-19(11-15)28-29(25,26)20-4-2-17(21)3-5-20;/h2-5,10-12,14,16H,6-9,13,21-22H2,1H3;1H. The second-order valence-electron chi connectivity index (χ2n) is 7.14. The van der Waals surface area contributed by atoms with Gasteiger partial charge < -0.3 is 25.4 Å². The molecule has 10 heteroatoms. The van der Waals surface area contributed by atoms with Crippen LogP contribution in [0.4, 0.5) is 5.69 Å². The first-order valence-electron chi connectivity index (χ1n) is 9.37. The topological polar surface area (TPSA) is 120 Å². The molecule has 0 bridgehead atoms. The molecule has 0 amide bonds. The summed E-state index contributed by atoms with van der Waals surface area (Å²) in [5.74, 6) is 6.40. The molecule has 0 aliphatic carbocycles. The number of nitrogen functional groups attached to an aromatic ring is 1. The molecule has 1 saturated heterocycles. The highest BCUT2D eigenvalue weighted by atomic mass is 35.5. The Morgan fingerprint density at radius 1 is 1.13 bits per heavy atom. The van der Waals surface area contributed by atoms with Crippen molar-refractivity contribution in [1.29, 1.82) is 0 Å². The number of hydrogen-bond acceptors (Lipinski definition) is 7. The highest BCUT2D eigenvalue weighted by Crippen LogP contribution is 2.27. The molecule has 164 valence electrons. The SMILES string of the molecule is Cc1cc(OCC2CCN(C=NN)CC2)cc(OS(=O)(=O)c2ccc(N)cc2)c1.Cl. The number of hydrogen-bond donors (Lipinski definition) is 2. The van der Waals surface area contributed by atoms with Crippen LogP contribution >= 0.6 is 12.4 Å². The van der Waals surface area contributed by atoms with Gasteiger partial charge in [-0.05, 0) is 67.6 Å². The Morgan fingerprint density at radius 3 is 2.40 bits per heavy atom. The van der Waals surface area contributed by atoms with E-state index in [-0.39, 0.29) is 23.1 Å². The van der Waals surface area contributed by atoms with Crippen LogP contribution in [0.25, 0.3) is 0 Å². The Labute approximate surface area is 183 Å². The van der Waals surface area contributed by atoms with Gasteiger partial charge in [-0.2, -0.15) is 13.5 Å². The summed E-state index contributed by atoms with van der Waals surface area (Å²) in [6, 6.07) is 11.0. The van der Waals surface area contributed by atoms with Crippen molar-refractivity contribution in [3.63, 3.8) is 0 Å². The van der Waals surface area contributed by atoms with E-state index in [2.05, 4.69) is 10.0 Å². The third-order valence-corrected chi connectivity index (χ3v) is 6.03. The predicted molar refractivity (Wildman–Crippen MR) is 120 cm³/mol. The monoisotopic (exact) mass is 454 g/mol. The van der Waals surface area contributed by atoms with Crippen LogP contribution in [0.1, 0.15) is 18.4 Å². The molecule has 8 nitrogen and oxygen atoms in total. The minimum atomic E-state index is -3.95. The lowest BCUT2D eigenvalue weighted by Crippen LogP contribution is -2.34.